The molecule has 0 radical (unpaired) electrons. The van der Waals surface area contributed by atoms with Gasteiger partial charge >= 0.3 is 6.18 Å². The minimum Gasteiger partial charge on any atom is -0.354 e. The van der Waals surface area contributed by atoms with Gasteiger partial charge < -0.3 is 10.6 Å². The standard InChI is InChI=1S/C24H18F3N3O/c25-24(26,27)17-10-11-18-21(12-13-28-22(18)14-17)30-20-9-5-4-8-19(20)23(31)29-15-16-6-2-1-3-7-16/h1-14H,15H2,(H,28,30)(H,29,31). The Morgan fingerprint density at radius 3 is 2.39 bits per heavy atom. The number of nitrogens with one attached hydrogen (secondary N) is 2. The first-order chi connectivity index (χ1) is 14.9. The van der Waals surface area contributed by atoms with Crippen LogP contribution in [0.4, 0.5) is 24.5 Å². The van der Waals surface area contributed by atoms with Crippen molar-refractivity contribution in [2.75, 3.05) is 5.32 Å². The van der Waals surface area contributed by atoms with Crippen LogP contribution in [-0.4, -0.2) is 10.9 Å². The topological polar surface area (TPSA) is 54.0 Å². The molecule has 1 heterocycles. The zero-order valence-electron chi connectivity index (χ0n) is 16.3. The summed E-state index contributed by atoms with van der Waals surface area (Å²) in [7, 11) is 0. The fraction of sp³-hybridized carbons (Fsp3) is 0.0833. The van der Waals surface area contributed by atoms with Crippen LogP contribution in [0.2, 0.25) is 0 Å². The van der Waals surface area contributed by atoms with Gasteiger partial charge in [-0.3, -0.25) is 9.78 Å². The Morgan fingerprint density at radius 2 is 1.61 bits per heavy atom. The third-order valence-corrected chi connectivity index (χ3v) is 4.81. The van der Waals surface area contributed by atoms with Gasteiger partial charge in [0.25, 0.3) is 5.91 Å². The predicted octanol–water partition coefficient (Wildman–Crippen LogP) is 5.93. The number of para-hydroxylation sites is 1. The third-order valence-electron chi connectivity index (χ3n) is 4.81. The highest BCUT2D eigenvalue weighted by molar-refractivity contribution is 6.02. The fourth-order valence-corrected chi connectivity index (χ4v) is 3.24. The van der Waals surface area contributed by atoms with E-state index in [1.165, 1.54) is 12.3 Å². The quantitative estimate of drug-likeness (QED) is 0.420. The Labute approximate surface area is 176 Å². The number of anilines is 2. The number of alkyl halides is 3. The fourth-order valence-electron chi connectivity index (χ4n) is 3.24. The van der Waals surface area contributed by atoms with Crippen LogP contribution in [0.1, 0.15) is 21.5 Å². The van der Waals surface area contributed by atoms with Gasteiger partial charge in [0.05, 0.1) is 22.3 Å². The van der Waals surface area contributed by atoms with Crippen molar-refractivity contribution >= 4 is 28.2 Å². The van der Waals surface area contributed by atoms with Gasteiger partial charge in [-0.2, -0.15) is 13.2 Å². The van der Waals surface area contributed by atoms with Crippen molar-refractivity contribution in [1.29, 1.82) is 0 Å². The highest BCUT2D eigenvalue weighted by atomic mass is 19.4. The number of halogens is 3. The monoisotopic (exact) mass is 421 g/mol. The van der Waals surface area contributed by atoms with Crippen molar-refractivity contribution < 1.29 is 18.0 Å². The summed E-state index contributed by atoms with van der Waals surface area (Å²) >= 11 is 0. The molecule has 0 saturated heterocycles. The van der Waals surface area contributed by atoms with Crippen LogP contribution in [0, 0.1) is 0 Å². The van der Waals surface area contributed by atoms with Crippen molar-refractivity contribution in [2.24, 2.45) is 0 Å². The van der Waals surface area contributed by atoms with E-state index in [1.807, 2.05) is 30.3 Å². The molecule has 156 valence electrons. The lowest BCUT2D eigenvalue weighted by atomic mass is 10.1. The predicted molar refractivity (Wildman–Crippen MR) is 114 cm³/mol. The van der Waals surface area contributed by atoms with Crippen molar-refractivity contribution in [3.05, 3.63) is 102 Å². The number of hydrogen-bond acceptors (Lipinski definition) is 3. The molecule has 1 amide bonds. The highest BCUT2D eigenvalue weighted by Gasteiger charge is 2.30. The Hall–Kier alpha value is -3.87. The van der Waals surface area contributed by atoms with E-state index in [2.05, 4.69) is 15.6 Å². The molecule has 0 atom stereocenters. The van der Waals surface area contributed by atoms with Gasteiger partial charge in [0.15, 0.2) is 0 Å². The summed E-state index contributed by atoms with van der Waals surface area (Å²) in [4.78, 5) is 16.8. The number of fused-ring (bicyclic) bond motifs is 1. The third kappa shape index (κ3) is 4.66. The largest absolute Gasteiger partial charge is 0.416 e. The Bertz CT molecular complexity index is 1220. The maximum absolute atomic E-state index is 13.0. The van der Waals surface area contributed by atoms with Crippen LogP contribution < -0.4 is 10.6 Å². The molecule has 1 aromatic heterocycles. The summed E-state index contributed by atoms with van der Waals surface area (Å²) in [5, 5.41) is 6.58. The van der Waals surface area contributed by atoms with E-state index in [-0.39, 0.29) is 11.4 Å². The van der Waals surface area contributed by atoms with Crippen LogP contribution >= 0.6 is 0 Å². The first kappa shape index (κ1) is 20.4. The average molecular weight is 421 g/mol. The number of carbonyl (C=O) groups excluding carboxylic acids is 1. The lowest BCUT2D eigenvalue weighted by Crippen LogP contribution is -2.23. The molecule has 0 aliphatic heterocycles. The number of carbonyl (C=O) groups is 1. The number of nitrogens with zero attached hydrogens (tertiary/aromatic N) is 1. The summed E-state index contributed by atoms with van der Waals surface area (Å²) < 4.78 is 39.0. The number of benzene rings is 3. The number of aromatic nitrogens is 1. The summed E-state index contributed by atoms with van der Waals surface area (Å²) in [6.07, 6.45) is -3.01. The molecule has 2 N–H and O–H groups in total. The van der Waals surface area contributed by atoms with E-state index >= 15 is 0 Å². The van der Waals surface area contributed by atoms with Crippen LogP contribution in [0.25, 0.3) is 10.9 Å². The van der Waals surface area contributed by atoms with Crippen LogP contribution in [0.15, 0.2) is 85.1 Å². The second-order valence-corrected chi connectivity index (χ2v) is 6.93. The van der Waals surface area contributed by atoms with Gasteiger partial charge in [-0.25, -0.2) is 0 Å². The van der Waals surface area contributed by atoms with E-state index in [9.17, 15) is 18.0 Å². The average Bonchev–Trinajstić information content (AvgIpc) is 2.78. The molecule has 0 aliphatic rings. The second kappa shape index (κ2) is 8.47. The molecule has 4 aromatic rings. The zero-order valence-corrected chi connectivity index (χ0v) is 16.3. The van der Waals surface area contributed by atoms with E-state index in [4.69, 9.17) is 0 Å². The van der Waals surface area contributed by atoms with Gasteiger partial charge in [0.1, 0.15) is 0 Å². The Balaban J connectivity index is 1.60. The smallest absolute Gasteiger partial charge is 0.354 e. The van der Waals surface area contributed by atoms with Crippen LogP contribution in [-0.2, 0) is 12.7 Å². The number of pyridine rings is 1. The molecule has 31 heavy (non-hydrogen) atoms. The number of hydrogen-bond donors (Lipinski definition) is 2. The highest BCUT2D eigenvalue weighted by Crippen LogP contribution is 2.33. The SMILES string of the molecule is O=C(NCc1ccccc1)c1ccccc1Nc1ccnc2cc(C(F)(F)F)ccc12. The maximum Gasteiger partial charge on any atom is 0.416 e. The zero-order chi connectivity index (χ0) is 21.8. The molecule has 4 nitrogen and oxygen atoms in total. The number of amides is 1. The van der Waals surface area contributed by atoms with Gasteiger partial charge in [0, 0.05) is 23.8 Å². The first-order valence-corrected chi connectivity index (χ1v) is 9.56. The Kier molecular flexibility index (Phi) is 5.58. The summed E-state index contributed by atoms with van der Waals surface area (Å²) in [5.74, 6) is -0.260. The summed E-state index contributed by atoms with van der Waals surface area (Å²) in [5.41, 5.74) is 1.95. The first-order valence-electron chi connectivity index (χ1n) is 9.56. The van der Waals surface area contributed by atoms with Crippen LogP contribution in [0.5, 0.6) is 0 Å². The van der Waals surface area contributed by atoms with Gasteiger partial charge in [-0.1, -0.05) is 48.5 Å². The van der Waals surface area contributed by atoms with Gasteiger partial charge in [-0.05, 0) is 35.9 Å². The lowest BCUT2D eigenvalue weighted by molar-refractivity contribution is -0.137. The molecule has 0 saturated carbocycles. The molecular weight excluding hydrogens is 403 g/mol. The summed E-state index contributed by atoms with van der Waals surface area (Å²) in [6, 6.07) is 21.6. The molecular formula is C24H18F3N3O. The molecule has 0 bridgehead atoms. The normalized spacial score (nSPS) is 11.3. The molecule has 7 heteroatoms. The molecule has 0 spiro atoms. The molecule has 4 rings (SSSR count). The van der Waals surface area contributed by atoms with Crippen molar-refractivity contribution in [3.8, 4) is 0 Å². The van der Waals surface area contributed by atoms with Gasteiger partial charge in [0.2, 0.25) is 0 Å². The maximum atomic E-state index is 13.0. The molecule has 0 unspecified atom stereocenters. The Morgan fingerprint density at radius 1 is 0.871 bits per heavy atom. The second-order valence-electron chi connectivity index (χ2n) is 6.93. The lowest BCUT2D eigenvalue weighted by Gasteiger charge is -2.14. The molecule has 3 aromatic carbocycles. The van der Waals surface area contributed by atoms with Gasteiger partial charge in [-0.15, -0.1) is 0 Å². The van der Waals surface area contributed by atoms with Crippen molar-refractivity contribution in [2.45, 2.75) is 12.7 Å². The summed E-state index contributed by atoms with van der Waals surface area (Å²) in [6.45, 7) is 0.381. The van der Waals surface area contributed by atoms with E-state index < -0.39 is 11.7 Å². The van der Waals surface area contributed by atoms with E-state index in [1.54, 1.807) is 30.3 Å². The van der Waals surface area contributed by atoms with Crippen molar-refractivity contribution in [3.63, 3.8) is 0 Å². The van der Waals surface area contributed by atoms with E-state index in [0.717, 1.165) is 17.7 Å². The number of rotatable bonds is 5. The minimum absolute atomic E-state index is 0.214. The minimum atomic E-state index is -4.44. The van der Waals surface area contributed by atoms with E-state index in [0.29, 0.717) is 28.9 Å². The molecule has 0 aliphatic carbocycles. The molecule has 0 fully saturated rings. The van der Waals surface area contributed by atoms with Crippen LogP contribution in [0.3, 0.4) is 0 Å². The van der Waals surface area contributed by atoms with Crippen molar-refractivity contribution in [1.82, 2.24) is 10.3 Å².